The first-order valence-electron chi connectivity index (χ1n) is 8.22. The maximum Gasteiger partial charge on any atom is 0.223 e. The van der Waals surface area contributed by atoms with Crippen LogP contribution in [0, 0.1) is 0 Å². The molecular weight excluding hydrogens is 278 g/mol. The maximum absolute atomic E-state index is 12.1. The van der Waals surface area contributed by atoms with Gasteiger partial charge in [-0.2, -0.15) is 0 Å². The summed E-state index contributed by atoms with van der Waals surface area (Å²) in [6.45, 7) is 1.80. The van der Waals surface area contributed by atoms with E-state index in [-0.39, 0.29) is 18.4 Å². The van der Waals surface area contributed by atoms with Gasteiger partial charge in [0, 0.05) is 6.42 Å². The molecule has 1 aromatic rings. The number of hydrogen-bond acceptors (Lipinski definition) is 3. The van der Waals surface area contributed by atoms with Crippen LogP contribution in [0.3, 0.4) is 0 Å². The lowest BCUT2D eigenvalue weighted by Gasteiger charge is -2.32. The highest BCUT2D eigenvalue weighted by molar-refractivity contribution is 5.77. The third-order valence-corrected chi connectivity index (χ3v) is 4.53. The topological polar surface area (TPSA) is 69.6 Å². The molecule has 22 heavy (non-hydrogen) atoms. The normalized spacial score (nSPS) is 20.1. The first-order valence-corrected chi connectivity index (χ1v) is 8.22. The summed E-state index contributed by atoms with van der Waals surface area (Å²) in [6, 6.07) is 9.39. The standard InChI is InChI=1S/C18H27NO3/c1-14(16(20)12-15-8-4-2-5-9-15)19-17(21)13-18(22)10-6-3-7-11-18/h2,4-5,8-9,14,16,20,22H,3,6-7,10-13H2,1H3,(H,19,21). The van der Waals surface area contributed by atoms with Crippen molar-refractivity contribution in [2.24, 2.45) is 0 Å². The second-order valence-electron chi connectivity index (χ2n) is 6.58. The van der Waals surface area contributed by atoms with Crippen LogP contribution in [0.15, 0.2) is 30.3 Å². The first kappa shape index (κ1) is 17.0. The summed E-state index contributed by atoms with van der Waals surface area (Å²) in [7, 11) is 0. The van der Waals surface area contributed by atoms with Crippen molar-refractivity contribution in [3.63, 3.8) is 0 Å². The molecule has 0 aliphatic heterocycles. The molecule has 0 spiro atoms. The van der Waals surface area contributed by atoms with Gasteiger partial charge >= 0.3 is 0 Å². The molecule has 0 saturated heterocycles. The number of benzene rings is 1. The van der Waals surface area contributed by atoms with E-state index in [0.29, 0.717) is 19.3 Å². The Balaban J connectivity index is 1.80. The molecule has 1 fully saturated rings. The molecule has 2 unspecified atom stereocenters. The van der Waals surface area contributed by atoms with Crippen molar-refractivity contribution in [2.45, 2.75) is 69.6 Å². The number of aliphatic hydroxyl groups is 2. The van der Waals surface area contributed by atoms with E-state index in [1.807, 2.05) is 30.3 Å². The lowest BCUT2D eigenvalue weighted by molar-refractivity contribution is -0.128. The average Bonchev–Trinajstić information content (AvgIpc) is 2.48. The molecule has 0 bridgehead atoms. The number of nitrogens with one attached hydrogen (secondary N) is 1. The van der Waals surface area contributed by atoms with E-state index in [4.69, 9.17) is 0 Å². The zero-order chi connectivity index (χ0) is 16.0. The average molecular weight is 305 g/mol. The highest BCUT2D eigenvalue weighted by atomic mass is 16.3. The van der Waals surface area contributed by atoms with Crippen LogP contribution < -0.4 is 5.32 Å². The van der Waals surface area contributed by atoms with Gasteiger partial charge in [-0.15, -0.1) is 0 Å². The molecular formula is C18H27NO3. The number of carbonyl (C=O) groups is 1. The van der Waals surface area contributed by atoms with E-state index >= 15 is 0 Å². The van der Waals surface area contributed by atoms with E-state index in [1.54, 1.807) is 6.92 Å². The number of amides is 1. The molecule has 1 saturated carbocycles. The molecule has 1 aliphatic carbocycles. The van der Waals surface area contributed by atoms with Gasteiger partial charge in [0.1, 0.15) is 0 Å². The van der Waals surface area contributed by atoms with E-state index in [1.165, 1.54) is 0 Å². The van der Waals surface area contributed by atoms with E-state index in [2.05, 4.69) is 5.32 Å². The van der Waals surface area contributed by atoms with Gasteiger partial charge in [0.05, 0.1) is 24.2 Å². The molecule has 3 N–H and O–H groups in total. The summed E-state index contributed by atoms with van der Waals surface area (Å²) in [5.41, 5.74) is 0.189. The monoisotopic (exact) mass is 305 g/mol. The number of carbonyl (C=O) groups excluding carboxylic acids is 1. The Kier molecular flexibility index (Phi) is 5.98. The smallest absolute Gasteiger partial charge is 0.223 e. The molecule has 0 radical (unpaired) electrons. The van der Waals surface area contributed by atoms with Gasteiger partial charge in [0.15, 0.2) is 0 Å². The minimum Gasteiger partial charge on any atom is -0.391 e. The SMILES string of the molecule is CC(NC(=O)CC1(O)CCCCC1)C(O)Cc1ccccc1. The van der Waals surface area contributed by atoms with Gasteiger partial charge in [0.2, 0.25) is 5.91 Å². The third kappa shape index (κ3) is 5.11. The van der Waals surface area contributed by atoms with E-state index in [0.717, 1.165) is 24.8 Å². The summed E-state index contributed by atoms with van der Waals surface area (Å²) < 4.78 is 0. The predicted molar refractivity (Wildman–Crippen MR) is 86.4 cm³/mol. The van der Waals surface area contributed by atoms with Crippen LogP contribution in [0.5, 0.6) is 0 Å². The third-order valence-electron chi connectivity index (χ3n) is 4.53. The second-order valence-corrected chi connectivity index (χ2v) is 6.58. The molecule has 0 heterocycles. The first-order chi connectivity index (χ1) is 10.5. The highest BCUT2D eigenvalue weighted by Gasteiger charge is 2.32. The Labute approximate surface area is 132 Å². The van der Waals surface area contributed by atoms with E-state index < -0.39 is 11.7 Å². The van der Waals surface area contributed by atoms with Gasteiger partial charge < -0.3 is 15.5 Å². The number of rotatable bonds is 6. The minimum absolute atomic E-state index is 0.134. The van der Waals surface area contributed by atoms with E-state index in [9.17, 15) is 15.0 Å². The predicted octanol–water partition coefficient (Wildman–Crippen LogP) is 2.18. The van der Waals surface area contributed by atoms with Crippen LogP contribution >= 0.6 is 0 Å². The van der Waals surface area contributed by atoms with Gasteiger partial charge in [-0.05, 0) is 25.3 Å². The Bertz CT molecular complexity index is 468. The van der Waals surface area contributed by atoms with Gasteiger partial charge in [-0.1, -0.05) is 49.6 Å². The minimum atomic E-state index is -0.855. The Morgan fingerprint density at radius 3 is 2.50 bits per heavy atom. The summed E-state index contributed by atoms with van der Waals surface area (Å²) in [4.78, 5) is 12.1. The van der Waals surface area contributed by atoms with Crippen molar-refractivity contribution in [1.82, 2.24) is 5.32 Å². The van der Waals surface area contributed by atoms with Gasteiger partial charge in [-0.25, -0.2) is 0 Å². The maximum atomic E-state index is 12.1. The van der Waals surface area contributed by atoms with Crippen LogP contribution in [-0.2, 0) is 11.2 Å². The Morgan fingerprint density at radius 1 is 1.23 bits per heavy atom. The number of aliphatic hydroxyl groups excluding tert-OH is 1. The van der Waals surface area contributed by atoms with Crippen molar-refractivity contribution >= 4 is 5.91 Å². The van der Waals surface area contributed by atoms with Crippen LogP contribution in [-0.4, -0.2) is 33.9 Å². The van der Waals surface area contributed by atoms with Gasteiger partial charge in [0.25, 0.3) is 0 Å². The fourth-order valence-electron chi connectivity index (χ4n) is 3.12. The van der Waals surface area contributed by atoms with Crippen molar-refractivity contribution in [3.8, 4) is 0 Å². The van der Waals surface area contributed by atoms with Crippen molar-refractivity contribution < 1.29 is 15.0 Å². The fraction of sp³-hybridized carbons (Fsp3) is 0.611. The Morgan fingerprint density at radius 2 is 1.86 bits per heavy atom. The summed E-state index contributed by atoms with van der Waals surface area (Å²) in [5, 5.41) is 23.4. The summed E-state index contributed by atoms with van der Waals surface area (Å²) >= 11 is 0. The summed E-state index contributed by atoms with van der Waals surface area (Å²) in [6.07, 6.45) is 4.50. The van der Waals surface area contributed by atoms with Crippen LogP contribution in [0.2, 0.25) is 0 Å². The Hall–Kier alpha value is -1.39. The molecule has 2 atom stereocenters. The highest BCUT2D eigenvalue weighted by Crippen LogP contribution is 2.30. The largest absolute Gasteiger partial charge is 0.391 e. The van der Waals surface area contributed by atoms with Crippen LogP contribution in [0.25, 0.3) is 0 Å². The molecule has 2 rings (SSSR count). The van der Waals surface area contributed by atoms with Crippen molar-refractivity contribution in [2.75, 3.05) is 0 Å². The molecule has 4 heteroatoms. The zero-order valence-electron chi connectivity index (χ0n) is 13.3. The zero-order valence-corrected chi connectivity index (χ0v) is 13.3. The molecule has 122 valence electrons. The number of hydrogen-bond donors (Lipinski definition) is 3. The lowest BCUT2D eigenvalue weighted by atomic mass is 9.82. The molecule has 1 aromatic carbocycles. The summed E-state index contributed by atoms with van der Waals surface area (Å²) in [5.74, 6) is -0.177. The quantitative estimate of drug-likeness (QED) is 0.754. The van der Waals surface area contributed by atoms with Crippen LogP contribution in [0.4, 0.5) is 0 Å². The van der Waals surface area contributed by atoms with Crippen molar-refractivity contribution in [1.29, 1.82) is 0 Å². The van der Waals surface area contributed by atoms with Gasteiger partial charge in [-0.3, -0.25) is 4.79 Å². The molecule has 1 aliphatic rings. The molecule has 4 nitrogen and oxygen atoms in total. The molecule has 0 aromatic heterocycles. The van der Waals surface area contributed by atoms with Crippen LogP contribution in [0.1, 0.15) is 51.0 Å². The van der Waals surface area contributed by atoms with Crippen molar-refractivity contribution in [3.05, 3.63) is 35.9 Å². The second kappa shape index (κ2) is 7.75. The molecule has 1 amide bonds. The lowest BCUT2D eigenvalue weighted by Crippen LogP contribution is -2.45. The fourth-order valence-corrected chi connectivity index (χ4v) is 3.12.